The first kappa shape index (κ1) is 23.4. The number of aryl methyl sites for hydroxylation is 1. The van der Waals surface area contributed by atoms with Crippen LogP contribution in [0.1, 0.15) is 24.8 Å². The van der Waals surface area contributed by atoms with E-state index in [4.69, 9.17) is 4.42 Å². The van der Waals surface area contributed by atoms with Crippen LogP contribution in [0.25, 0.3) is 45.1 Å². The quantitative estimate of drug-likeness (QED) is 0.331. The minimum atomic E-state index is -0.540. The van der Waals surface area contributed by atoms with E-state index >= 15 is 4.39 Å². The van der Waals surface area contributed by atoms with Crippen LogP contribution >= 0.6 is 0 Å². The third kappa shape index (κ3) is 4.30. The van der Waals surface area contributed by atoms with Crippen LogP contribution in [-0.4, -0.2) is 37.0 Å². The number of fused-ring (bicyclic) bond motifs is 1. The summed E-state index contributed by atoms with van der Waals surface area (Å²) in [6, 6.07) is 15.5. The molecule has 0 aliphatic heterocycles. The summed E-state index contributed by atoms with van der Waals surface area (Å²) < 4.78 is 38.1. The highest BCUT2D eigenvalue weighted by Crippen LogP contribution is 2.41. The molecule has 5 aromatic rings. The van der Waals surface area contributed by atoms with E-state index in [1.54, 1.807) is 30.1 Å². The Morgan fingerprint density at radius 1 is 1.05 bits per heavy atom. The van der Waals surface area contributed by atoms with E-state index < -0.39 is 17.7 Å². The summed E-state index contributed by atoms with van der Waals surface area (Å²) in [5.74, 6) is -0.523. The van der Waals surface area contributed by atoms with Crippen molar-refractivity contribution in [3.05, 3.63) is 78.1 Å². The molecule has 7 nitrogen and oxygen atoms in total. The van der Waals surface area contributed by atoms with Gasteiger partial charge in [0.25, 0.3) is 0 Å². The lowest BCUT2D eigenvalue weighted by molar-refractivity contribution is 0.148. The van der Waals surface area contributed by atoms with Gasteiger partial charge in [-0.25, -0.2) is 13.8 Å². The topological polar surface area (TPSA) is 89.0 Å². The predicted molar refractivity (Wildman–Crippen MR) is 135 cm³/mol. The van der Waals surface area contributed by atoms with E-state index in [-0.39, 0.29) is 29.6 Å². The van der Waals surface area contributed by atoms with Crippen LogP contribution in [0, 0.1) is 11.6 Å². The van der Waals surface area contributed by atoms with E-state index in [1.807, 2.05) is 30.3 Å². The smallest absolute Gasteiger partial charge is 0.231 e. The average molecular weight is 502 g/mol. The maximum atomic E-state index is 15.5. The van der Waals surface area contributed by atoms with Gasteiger partial charge >= 0.3 is 0 Å². The van der Waals surface area contributed by atoms with Crippen LogP contribution in [-0.2, 0) is 13.6 Å². The Labute approximate surface area is 211 Å². The number of hydrogen-bond donors (Lipinski definition) is 2. The van der Waals surface area contributed by atoms with E-state index in [2.05, 4.69) is 20.5 Å². The summed E-state index contributed by atoms with van der Waals surface area (Å²) in [7, 11) is 1.78. The fourth-order valence-electron chi connectivity index (χ4n) is 5.04. The van der Waals surface area contributed by atoms with Gasteiger partial charge in [0, 0.05) is 36.8 Å². The molecule has 2 unspecified atom stereocenters. The first-order valence-electron chi connectivity index (χ1n) is 12.2. The molecule has 188 valence electrons. The Kier molecular flexibility index (Phi) is 6.02. The third-order valence-electron chi connectivity index (χ3n) is 6.98. The van der Waals surface area contributed by atoms with Gasteiger partial charge in [-0.2, -0.15) is 0 Å². The predicted octanol–water partition coefficient (Wildman–Crippen LogP) is 5.24. The van der Waals surface area contributed by atoms with Crippen molar-refractivity contribution in [3.8, 4) is 34.0 Å². The van der Waals surface area contributed by atoms with E-state index in [0.29, 0.717) is 22.5 Å². The van der Waals surface area contributed by atoms with Gasteiger partial charge in [0.1, 0.15) is 23.5 Å². The number of aromatic nitrogens is 4. The number of nitrogens with zero attached hydrogens (tertiary/aromatic N) is 4. The number of aliphatic hydroxyl groups is 1. The van der Waals surface area contributed by atoms with Crippen molar-refractivity contribution in [1.82, 2.24) is 25.1 Å². The zero-order valence-corrected chi connectivity index (χ0v) is 20.2. The number of halogens is 2. The first-order chi connectivity index (χ1) is 18.0. The molecule has 1 fully saturated rings. The molecule has 9 heteroatoms. The summed E-state index contributed by atoms with van der Waals surface area (Å²) in [6.45, 7) is 0.244. The van der Waals surface area contributed by atoms with Crippen LogP contribution in [0.5, 0.6) is 0 Å². The highest BCUT2D eigenvalue weighted by molar-refractivity contribution is 5.92. The van der Waals surface area contributed by atoms with E-state index in [1.165, 1.54) is 12.1 Å². The summed E-state index contributed by atoms with van der Waals surface area (Å²) >= 11 is 0. The van der Waals surface area contributed by atoms with Gasteiger partial charge in [-0.15, -0.1) is 10.2 Å². The molecule has 2 atom stereocenters. The van der Waals surface area contributed by atoms with Gasteiger partial charge in [0.15, 0.2) is 11.4 Å². The Hall–Kier alpha value is -3.95. The van der Waals surface area contributed by atoms with Gasteiger partial charge < -0.3 is 19.4 Å². The molecule has 0 amide bonds. The Morgan fingerprint density at radius 2 is 1.89 bits per heavy atom. The fourth-order valence-corrected chi connectivity index (χ4v) is 5.04. The van der Waals surface area contributed by atoms with Crippen LogP contribution in [0.15, 0.2) is 65.3 Å². The molecule has 1 aliphatic carbocycles. The maximum absolute atomic E-state index is 15.5. The molecule has 1 aliphatic rings. The lowest BCUT2D eigenvalue weighted by atomic mass is 9.94. The molecule has 37 heavy (non-hydrogen) atoms. The van der Waals surface area contributed by atoms with Gasteiger partial charge in [-0.3, -0.25) is 0 Å². The summed E-state index contributed by atoms with van der Waals surface area (Å²) in [5, 5.41) is 21.5. The monoisotopic (exact) mass is 501 g/mol. The Bertz CT molecular complexity index is 1580. The minimum absolute atomic E-state index is 0.0269. The number of hydrogen-bond acceptors (Lipinski definition) is 6. The zero-order valence-electron chi connectivity index (χ0n) is 20.2. The number of benzene rings is 3. The second-order valence-electron chi connectivity index (χ2n) is 9.39. The first-order valence-corrected chi connectivity index (χ1v) is 12.2. The lowest BCUT2D eigenvalue weighted by Crippen LogP contribution is -2.35. The molecule has 2 aromatic heterocycles. The van der Waals surface area contributed by atoms with Crippen molar-refractivity contribution >= 4 is 11.1 Å². The summed E-state index contributed by atoms with van der Waals surface area (Å²) in [5.41, 5.74) is 3.24. The highest BCUT2D eigenvalue weighted by Gasteiger charge is 2.27. The second kappa shape index (κ2) is 9.49. The molecular formula is C28H25F2N5O2. The zero-order chi connectivity index (χ0) is 25.5. The SMILES string of the molecule is Cn1cnnc1-c1c(-c2ccccc2)ccc(F)c1-c1nc2cc(CNC3CCCC3O)c(F)cc2o1. The summed E-state index contributed by atoms with van der Waals surface area (Å²) in [4.78, 5) is 4.57. The molecule has 2 heterocycles. The largest absolute Gasteiger partial charge is 0.436 e. The van der Waals surface area contributed by atoms with Crippen molar-refractivity contribution in [2.75, 3.05) is 0 Å². The van der Waals surface area contributed by atoms with Crippen LogP contribution in [0.3, 0.4) is 0 Å². The maximum Gasteiger partial charge on any atom is 0.231 e. The van der Waals surface area contributed by atoms with Gasteiger partial charge in [-0.1, -0.05) is 36.4 Å². The van der Waals surface area contributed by atoms with Crippen LogP contribution in [0.2, 0.25) is 0 Å². The van der Waals surface area contributed by atoms with Crippen LogP contribution in [0.4, 0.5) is 8.78 Å². The molecular weight excluding hydrogens is 476 g/mol. The number of oxazole rings is 1. The molecule has 0 saturated heterocycles. The average Bonchev–Trinajstić information content (AvgIpc) is 3.62. The lowest BCUT2D eigenvalue weighted by Gasteiger charge is -2.16. The minimum Gasteiger partial charge on any atom is -0.436 e. The number of rotatable bonds is 6. The Balaban J connectivity index is 1.46. The Morgan fingerprint density at radius 3 is 2.62 bits per heavy atom. The molecule has 6 rings (SSSR count). The number of nitrogens with one attached hydrogen (secondary N) is 1. The normalized spacial score (nSPS) is 17.6. The van der Waals surface area contributed by atoms with Gasteiger partial charge in [-0.05, 0) is 42.5 Å². The third-order valence-corrected chi connectivity index (χ3v) is 6.98. The number of aliphatic hydroxyl groups excluding tert-OH is 1. The van der Waals surface area contributed by atoms with Crippen molar-refractivity contribution in [2.45, 2.75) is 38.0 Å². The molecule has 0 spiro atoms. The standard InChI is InChI=1S/C28H25F2N5O2/c1-35-15-32-34-27(35)25-18(16-6-3-2-4-7-16)10-11-19(29)26(25)28-33-22-12-17(20(30)13-24(22)37-28)14-31-21-8-5-9-23(21)36/h2-4,6-7,10-13,15,21,23,31,36H,5,8-9,14H2,1H3. The van der Waals surface area contributed by atoms with Crippen molar-refractivity contribution in [2.24, 2.45) is 7.05 Å². The molecule has 1 saturated carbocycles. The molecule has 0 bridgehead atoms. The van der Waals surface area contributed by atoms with E-state index in [9.17, 15) is 9.50 Å². The van der Waals surface area contributed by atoms with Crippen LogP contribution < -0.4 is 5.32 Å². The van der Waals surface area contributed by atoms with Crippen molar-refractivity contribution < 1.29 is 18.3 Å². The molecule has 3 aromatic carbocycles. The second-order valence-corrected chi connectivity index (χ2v) is 9.39. The van der Waals surface area contributed by atoms with Gasteiger partial charge in [0.2, 0.25) is 5.89 Å². The van der Waals surface area contributed by atoms with Gasteiger partial charge in [0.05, 0.1) is 11.7 Å². The van der Waals surface area contributed by atoms with E-state index in [0.717, 1.165) is 30.4 Å². The highest BCUT2D eigenvalue weighted by atomic mass is 19.1. The summed E-state index contributed by atoms with van der Waals surface area (Å²) in [6.07, 6.45) is 3.65. The fraction of sp³-hybridized carbons (Fsp3) is 0.250. The van der Waals surface area contributed by atoms with Crippen molar-refractivity contribution in [1.29, 1.82) is 0 Å². The van der Waals surface area contributed by atoms with Crippen molar-refractivity contribution in [3.63, 3.8) is 0 Å². The molecule has 0 radical (unpaired) electrons. The molecule has 2 N–H and O–H groups in total.